The normalized spacial score (nSPS) is 13.7. The summed E-state index contributed by atoms with van der Waals surface area (Å²) in [4.78, 5) is 26.5. The number of rotatable bonds is 3. The molecule has 1 N–H and O–H groups in total. The highest BCUT2D eigenvalue weighted by molar-refractivity contribution is 6.31. The largest absolute Gasteiger partial charge is 0.453 e. The summed E-state index contributed by atoms with van der Waals surface area (Å²) in [6, 6.07) is 14.2. The number of hydrogen-bond donors (Lipinski definition) is 1. The van der Waals surface area contributed by atoms with Crippen molar-refractivity contribution in [3.63, 3.8) is 0 Å². The number of carbonyl (C=O) groups is 2. The van der Waals surface area contributed by atoms with Crippen LogP contribution in [0.4, 0.5) is 5.69 Å². The third kappa shape index (κ3) is 2.53. The third-order valence-electron chi connectivity index (χ3n) is 3.99. The molecule has 0 bridgehead atoms. The van der Waals surface area contributed by atoms with Gasteiger partial charge in [0, 0.05) is 16.1 Å². The maximum atomic E-state index is 12.6. The molecule has 0 atom stereocenters. The van der Waals surface area contributed by atoms with Gasteiger partial charge in [-0.2, -0.15) is 0 Å². The van der Waals surface area contributed by atoms with Crippen LogP contribution in [0.25, 0.3) is 11.0 Å². The number of nitrogens with one attached hydrogen (secondary N) is 1. The molecule has 0 radical (unpaired) electrons. The molecule has 1 aliphatic heterocycles. The van der Waals surface area contributed by atoms with Crippen molar-refractivity contribution in [3.8, 4) is 0 Å². The van der Waals surface area contributed by atoms with Gasteiger partial charge in [0.05, 0.1) is 18.8 Å². The first-order chi connectivity index (χ1) is 11.6. The van der Waals surface area contributed by atoms with Crippen LogP contribution in [0.1, 0.15) is 20.9 Å². The summed E-state index contributed by atoms with van der Waals surface area (Å²) >= 11 is 5.96. The Morgan fingerprint density at radius 1 is 1.21 bits per heavy atom. The summed E-state index contributed by atoms with van der Waals surface area (Å²) in [7, 11) is 0. The van der Waals surface area contributed by atoms with Gasteiger partial charge in [0.15, 0.2) is 5.76 Å². The molecule has 3 aromatic rings. The van der Waals surface area contributed by atoms with Crippen LogP contribution >= 0.6 is 11.6 Å². The molecule has 0 unspecified atom stereocenters. The Bertz CT molecular complexity index is 931. The molecule has 0 saturated carbocycles. The standard InChI is InChI=1S/C18H13ClN2O3/c19-12-5-6-14-13(8-12)18(23)21(10-20-14)9-15(22)17-7-11-3-1-2-4-16(11)24-17/h1-8,20H,9-10H2. The lowest BCUT2D eigenvalue weighted by atomic mass is 10.1. The average molecular weight is 341 g/mol. The van der Waals surface area contributed by atoms with E-state index >= 15 is 0 Å². The minimum atomic E-state index is -0.244. The molecule has 6 heteroatoms. The van der Waals surface area contributed by atoms with Crippen LogP contribution in [0.5, 0.6) is 0 Å². The second-order valence-corrected chi connectivity index (χ2v) is 6.04. The molecular weight excluding hydrogens is 328 g/mol. The van der Waals surface area contributed by atoms with Gasteiger partial charge in [-0.25, -0.2) is 0 Å². The highest BCUT2D eigenvalue weighted by Gasteiger charge is 2.27. The van der Waals surface area contributed by atoms with Gasteiger partial charge in [0.1, 0.15) is 5.58 Å². The van der Waals surface area contributed by atoms with E-state index in [1.54, 1.807) is 30.3 Å². The van der Waals surface area contributed by atoms with E-state index in [1.807, 2.05) is 18.2 Å². The minimum absolute atomic E-state index is 0.0579. The van der Waals surface area contributed by atoms with Crippen molar-refractivity contribution in [2.75, 3.05) is 18.5 Å². The summed E-state index contributed by atoms with van der Waals surface area (Å²) in [6.45, 7) is 0.205. The van der Waals surface area contributed by atoms with E-state index in [4.69, 9.17) is 16.0 Å². The number of benzene rings is 2. The van der Waals surface area contributed by atoms with Crippen molar-refractivity contribution in [2.45, 2.75) is 0 Å². The zero-order valence-electron chi connectivity index (χ0n) is 12.6. The highest BCUT2D eigenvalue weighted by Crippen LogP contribution is 2.26. The zero-order valence-corrected chi connectivity index (χ0v) is 13.3. The molecule has 4 rings (SSSR count). The summed E-state index contributed by atoms with van der Waals surface area (Å²) in [6.07, 6.45) is 0. The second-order valence-electron chi connectivity index (χ2n) is 5.60. The zero-order chi connectivity index (χ0) is 16.7. The monoisotopic (exact) mass is 340 g/mol. The lowest BCUT2D eigenvalue weighted by Crippen LogP contribution is -2.42. The number of fused-ring (bicyclic) bond motifs is 2. The predicted octanol–water partition coefficient (Wildman–Crippen LogP) is 3.79. The first kappa shape index (κ1) is 14.8. The summed E-state index contributed by atoms with van der Waals surface area (Å²) < 4.78 is 5.57. The predicted molar refractivity (Wildman–Crippen MR) is 91.5 cm³/mol. The number of furan rings is 1. The number of amides is 1. The maximum Gasteiger partial charge on any atom is 0.257 e. The van der Waals surface area contributed by atoms with Crippen LogP contribution in [-0.2, 0) is 0 Å². The number of carbonyl (C=O) groups excluding carboxylic acids is 2. The van der Waals surface area contributed by atoms with E-state index in [9.17, 15) is 9.59 Å². The number of Topliss-reactive ketones (excluding diaryl/α,β-unsaturated/α-hetero) is 1. The smallest absolute Gasteiger partial charge is 0.257 e. The van der Waals surface area contributed by atoms with E-state index in [0.717, 1.165) is 11.1 Å². The SMILES string of the molecule is O=C(CN1CNc2ccc(Cl)cc2C1=O)c1cc2ccccc2o1. The topological polar surface area (TPSA) is 62.6 Å². The average Bonchev–Trinajstić information content (AvgIpc) is 3.02. The Balaban J connectivity index is 1.57. The van der Waals surface area contributed by atoms with Crippen LogP contribution < -0.4 is 5.32 Å². The Morgan fingerprint density at radius 3 is 2.88 bits per heavy atom. The van der Waals surface area contributed by atoms with Gasteiger partial charge in [-0.05, 0) is 30.3 Å². The molecule has 0 fully saturated rings. The Labute approximate surface area is 142 Å². The fourth-order valence-corrected chi connectivity index (χ4v) is 2.94. The van der Waals surface area contributed by atoms with E-state index < -0.39 is 0 Å². The van der Waals surface area contributed by atoms with Crippen LogP contribution in [0.15, 0.2) is 52.9 Å². The van der Waals surface area contributed by atoms with Crippen molar-refractivity contribution < 1.29 is 14.0 Å². The molecular formula is C18H13ClN2O3. The molecule has 0 aliphatic carbocycles. The molecule has 2 aromatic carbocycles. The van der Waals surface area contributed by atoms with Crippen molar-refractivity contribution in [1.82, 2.24) is 4.90 Å². The maximum absolute atomic E-state index is 12.6. The van der Waals surface area contributed by atoms with Gasteiger partial charge in [-0.15, -0.1) is 0 Å². The molecule has 0 spiro atoms. The van der Waals surface area contributed by atoms with Crippen molar-refractivity contribution in [1.29, 1.82) is 0 Å². The molecule has 5 nitrogen and oxygen atoms in total. The first-order valence-corrected chi connectivity index (χ1v) is 7.84. The lowest BCUT2D eigenvalue weighted by Gasteiger charge is -2.29. The Kier molecular flexibility index (Phi) is 3.50. The van der Waals surface area contributed by atoms with Gasteiger partial charge in [0.25, 0.3) is 5.91 Å². The molecule has 0 saturated heterocycles. The highest BCUT2D eigenvalue weighted by atomic mass is 35.5. The quantitative estimate of drug-likeness (QED) is 0.737. The third-order valence-corrected chi connectivity index (χ3v) is 4.23. The Hall–Kier alpha value is -2.79. The first-order valence-electron chi connectivity index (χ1n) is 7.46. The van der Waals surface area contributed by atoms with Gasteiger partial charge in [0.2, 0.25) is 5.78 Å². The van der Waals surface area contributed by atoms with Crippen molar-refractivity contribution in [2.24, 2.45) is 0 Å². The van der Waals surface area contributed by atoms with Crippen LogP contribution in [-0.4, -0.2) is 29.8 Å². The number of nitrogens with zero attached hydrogens (tertiary/aromatic N) is 1. The molecule has 1 aromatic heterocycles. The molecule has 24 heavy (non-hydrogen) atoms. The minimum Gasteiger partial charge on any atom is -0.453 e. The van der Waals surface area contributed by atoms with Gasteiger partial charge in [-0.1, -0.05) is 29.8 Å². The van der Waals surface area contributed by atoms with Crippen molar-refractivity contribution in [3.05, 3.63) is 64.9 Å². The van der Waals surface area contributed by atoms with Gasteiger partial charge in [-0.3, -0.25) is 9.59 Å². The van der Waals surface area contributed by atoms with Crippen LogP contribution in [0.3, 0.4) is 0 Å². The van der Waals surface area contributed by atoms with Crippen molar-refractivity contribution >= 4 is 39.9 Å². The van der Waals surface area contributed by atoms with E-state index in [1.165, 1.54) is 4.90 Å². The van der Waals surface area contributed by atoms with E-state index in [2.05, 4.69) is 5.32 Å². The summed E-state index contributed by atoms with van der Waals surface area (Å²) in [5.74, 6) is -0.219. The number of para-hydroxylation sites is 1. The molecule has 1 amide bonds. The molecule has 1 aliphatic rings. The van der Waals surface area contributed by atoms with E-state index in [-0.39, 0.29) is 30.7 Å². The van der Waals surface area contributed by atoms with E-state index in [0.29, 0.717) is 16.2 Å². The Morgan fingerprint density at radius 2 is 2.04 bits per heavy atom. The van der Waals surface area contributed by atoms with Crippen LogP contribution in [0, 0.1) is 0 Å². The number of anilines is 1. The number of halogens is 1. The van der Waals surface area contributed by atoms with Crippen LogP contribution in [0.2, 0.25) is 5.02 Å². The molecule has 2 heterocycles. The second kappa shape index (κ2) is 5.69. The fraction of sp³-hybridized carbons (Fsp3) is 0.111. The summed E-state index contributed by atoms with van der Waals surface area (Å²) in [5, 5.41) is 4.46. The summed E-state index contributed by atoms with van der Waals surface area (Å²) in [5.41, 5.74) is 1.84. The fourth-order valence-electron chi connectivity index (χ4n) is 2.77. The molecule has 120 valence electrons. The number of hydrogen-bond acceptors (Lipinski definition) is 4. The van der Waals surface area contributed by atoms with Gasteiger partial charge < -0.3 is 14.6 Å². The lowest BCUT2D eigenvalue weighted by molar-refractivity contribution is 0.0706. The number of ketones is 1. The van der Waals surface area contributed by atoms with Gasteiger partial charge >= 0.3 is 0 Å².